The average Bonchev–Trinajstić information content (AvgIpc) is 3.87. The molecule has 6 rings (SSSR count). The van der Waals surface area contributed by atoms with E-state index in [9.17, 15) is 14.2 Å². The molecular formula is C39H37N4O5PS2. The van der Waals surface area contributed by atoms with Gasteiger partial charge in [-0.1, -0.05) is 48.5 Å². The molecule has 0 aliphatic carbocycles. The van der Waals surface area contributed by atoms with Crippen molar-refractivity contribution in [2.45, 2.75) is 12.8 Å². The minimum absolute atomic E-state index is 0.190. The highest BCUT2D eigenvalue weighted by Gasteiger charge is 2.17. The molecule has 51 heavy (non-hydrogen) atoms. The third-order valence-electron chi connectivity index (χ3n) is 8.08. The Kier molecular flexibility index (Phi) is 11.5. The number of anilines is 4. The van der Waals surface area contributed by atoms with E-state index in [1.165, 1.54) is 6.66 Å². The molecule has 9 nitrogen and oxygen atoms in total. The Morgan fingerprint density at radius 3 is 1.41 bits per heavy atom. The SMILES string of the molecule is CP(=O)(OCCc1ccc(C(=O)Nc2cc(-c3cccs3)ccc2N)cc1)OCCc1ccc(C(=O)Nc2cc(-c3cccs3)ccc2N)cc1. The van der Waals surface area contributed by atoms with Gasteiger partial charge in [0.1, 0.15) is 0 Å². The van der Waals surface area contributed by atoms with Crippen LogP contribution in [-0.2, 0) is 26.5 Å². The summed E-state index contributed by atoms with van der Waals surface area (Å²) in [6.45, 7) is 1.83. The summed E-state index contributed by atoms with van der Waals surface area (Å²) in [4.78, 5) is 28.0. The largest absolute Gasteiger partial charge is 0.397 e. The molecule has 0 fully saturated rings. The molecule has 12 heteroatoms. The lowest BCUT2D eigenvalue weighted by Crippen LogP contribution is -2.13. The van der Waals surface area contributed by atoms with Crippen LogP contribution in [0.1, 0.15) is 31.8 Å². The molecule has 0 atom stereocenters. The molecule has 0 saturated carbocycles. The van der Waals surface area contributed by atoms with Crippen LogP contribution in [0, 0.1) is 0 Å². The van der Waals surface area contributed by atoms with Gasteiger partial charge >= 0.3 is 7.60 Å². The van der Waals surface area contributed by atoms with Gasteiger partial charge in [0.25, 0.3) is 11.8 Å². The number of hydrogen-bond donors (Lipinski definition) is 4. The lowest BCUT2D eigenvalue weighted by atomic mass is 10.1. The summed E-state index contributed by atoms with van der Waals surface area (Å²) in [5.74, 6) is -0.531. The van der Waals surface area contributed by atoms with Crippen LogP contribution < -0.4 is 22.1 Å². The minimum Gasteiger partial charge on any atom is -0.397 e. The topological polar surface area (TPSA) is 146 Å². The number of thiophene rings is 2. The molecule has 0 saturated heterocycles. The van der Waals surface area contributed by atoms with Crippen molar-refractivity contribution in [1.82, 2.24) is 0 Å². The van der Waals surface area contributed by atoms with Crippen LogP contribution in [0.25, 0.3) is 20.9 Å². The normalized spacial score (nSPS) is 11.3. The van der Waals surface area contributed by atoms with E-state index in [-0.39, 0.29) is 25.0 Å². The molecule has 0 aliphatic rings. The fourth-order valence-corrected chi connectivity index (χ4v) is 7.62. The van der Waals surface area contributed by atoms with E-state index < -0.39 is 7.60 Å². The number of nitrogens with two attached hydrogens (primary N) is 2. The van der Waals surface area contributed by atoms with Gasteiger partial charge in [0.05, 0.1) is 36.0 Å². The van der Waals surface area contributed by atoms with Crippen LogP contribution in [0.15, 0.2) is 120 Å². The van der Waals surface area contributed by atoms with Crippen LogP contribution in [-0.4, -0.2) is 31.7 Å². The van der Waals surface area contributed by atoms with Crippen LogP contribution >= 0.6 is 30.3 Å². The molecule has 4 aromatic carbocycles. The number of nitrogen functional groups attached to an aromatic ring is 2. The lowest BCUT2D eigenvalue weighted by Gasteiger charge is -2.15. The Hall–Kier alpha value is -5.03. The van der Waals surface area contributed by atoms with Crippen molar-refractivity contribution < 1.29 is 23.2 Å². The Bertz CT molecular complexity index is 2000. The molecule has 6 aromatic rings. The minimum atomic E-state index is -3.30. The number of benzene rings is 4. The van der Waals surface area contributed by atoms with Crippen molar-refractivity contribution >= 4 is 64.8 Å². The second-order valence-corrected chi connectivity index (χ2v) is 15.8. The molecular weight excluding hydrogens is 700 g/mol. The van der Waals surface area contributed by atoms with E-state index in [1.807, 2.05) is 83.6 Å². The monoisotopic (exact) mass is 736 g/mol. The van der Waals surface area contributed by atoms with Gasteiger partial charge in [-0.2, -0.15) is 0 Å². The molecule has 2 heterocycles. The third kappa shape index (κ3) is 9.61. The zero-order valence-electron chi connectivity index (χ0n) is 27.8. The molecule has 6 N–H and O–H groups in total. The van der Waals surface area contributed by atoms with Gasteiger partial charge in [0.15, 0.2) is 0 Å². The molecule has 0 radical (unpaired) electrons. The molecule has 0 unspecified atom stereocenters. The maximum atomic E-state index is 12.9. The number of carbonyl (C=O) groups is 2. The quantitative estimate of drug-likeness (QED) is 0.0644. The Labute approximate surface area is 304 Å². The van der Waals surface area contributed by atoms with Gasteiger partial charge in [0.2, 0.25) is 0 Å². The average molecular weight is 737 g/mol. The Morgan fingerprint density at radius 1 is 0.627 bits per heavy atom. The van der Waals surface area contributed by atoms with E-state index in [4.69, 9.17) is 20.5 Å². The van der Waals surface area contributed by atoms with Crippen molar-refractivity contribution in [3.8, 4) is 20.9 Å². The van der Waals surface area contributed by atoms with Crippen molar-refractivity contribution in [1.29, 1.82) is 0 Å². The smallest absolute Gasteiger partial charge is 0.327 e. The summed E-state index contributed by atoms with van der Waals surface area (Å²) in [6, 6.07) is 33.5. The van der Waals surface area contributed by atoms with Gasteiger partial charge in [-0.15, -0.1) is 22.7 Å². The fourth-order valence-electron chi connectivity index (χ4n) is 5.25. The summed E-state index contributed by atoms with van der Waals surface area (Å²) in [7, 11) is -3.30. The van der Waals surface area contributed by atoms with E-state index in [0.29, 0.717) is 46.7 Å². The highest BCUT2D eigenvalue weighted by atomic mass is 32.1. The summed E-state index contributed by atoms with van der Waals surface area (Å²) in [5.41, 5.74) is 19.1. The van der Waals surface area contributed by atoms with E-state index in [2.05, 4.69) is 10.6 Å². The second kappa shape index (κ2) is 16.3. The van der Waals surface area contributed by atoms with Gasteiger partial charge in [-0.05, 0) is 107 Å². The van der Waals surface area contributed by atoms with Crippen molar-refractivity contribution in [2.75, 3.05) is 42.0 Å². The van der Waals surface area contributed by atoms with Crippen molar-refractivity contribution in [3.63, 3.8) is 0 Å². The van der Waals surface area contributed by atoms with Gasteiger partial charge in [0, 0.05) is 27.5 Å². The molecule has 260 valence electrons. The van der Waals surface area contributed by atoms with E-state index >= 15 is 0 Å². The predicted molar refractivity (Wildman–Crippen MR) is 210 cm³/mol. The van der Waals surface area contributed by atoms with E-state index in [0.717, 1.165) is 32.0 Å². The van der Waals surface area contributed by atoms with Crippen molar-refractivity contribution in [3.05, 3.63) is 142 Å². The second-order valence-electron chi connectivity index (χ2n) is 11.8. The third-order valence-corrected chi connectivity index (χ3v) is 11.2. The summed E-state index contributed by atoms with van der Waals surface area (Å²) < 4.78 is 24.1. The molecule has 2 aromatic heterocycles. The Balaban J connectivity index is 0.928. The number of rotatable bonds is 14. The highest BCUT2D eigenvalue weighted by Crippen LogP contribution is 2.44. The molecule has 2 amide bonds. The zero-order chi connectivity index (χ0) is 35.8. The number of amides is 2. The first-order chi connectivity index (χ1) is 24.6. The maximum absolute atomic E-state index is 12.9. The predicted octanol–water partition coefficient (Wildman–Crippen LogP) is 9.45. The zero-order valence-corrected chi connectivity index (χ0v) is 30.4. The Morgan fingerprint density at radius 2 is 1.04 bits per heavy atom. The van der Waals surface area contributed by atoms with Gasteiger partial charge in [-0.3, -0.25) is 14.2 Å². The van der Waals surface area contributed by atoms with Crippen LogP contribution in [0.5, 0.6) is 0 Å². The lowest BCUT2D eigenvalue weighted by molar-refractivity contribution is 0.101. The van der Waals surface area contributed by atoms with E-state index in [1.54, 1.807) is 59.1 Å². The van der Waals surface area contributed by atoms with Crippen LogP contribution in [0.4, 0.5) is 22.7 Å². The standard InChI is InChI=1S/C39H37N4O5PS2/c1-49(46,47-20-18-26-6-10-28(11-7-26)38(44)42-34-24-30(14-16-32(34)40)36-4-2-22-50-36)48-21-19-27-8-12-29(13-9-27)39(45)43-35-25-31(15-17-33(35)41)37-5-3-23-51-37/h2-17,22-25H,18-21,40-41H2,1H3,(H,42,44)(H,43,45). The summed E-state index contributed by atoms with van der Waals surface area (Å²) in [6.07, 6.45) is 0.985. The number of hydrogen-bond acceptors (Lipinski definition) is 9. The maximum Gasteiger partial charge on any atom is 0.327 e. The fraction of sp³-hybridized carbons (Fsp3) is 0.128. The summed E-state index contributed by atoms with van der Waals surface area (Å²) in [5, 5.41) is 9.82. The van der Waals surface area contributed by atoms with Crippen LogP contribution in [0.2, 0.25) is 0 Å². The summed E-state index contributed by atoms with van der Waals surface area (Å²) >= 11 is 3.23. The van der Waals surface area contributed by atoms with Crippen molar-refractivity contribution in [2.24, 2.45) is 0 Å². The first kappa shape index (κ1) is 35.8. The highest BCUT2D eigenvalue weighted by molar-refractivity contribution is 7.52. The molecule has 0 spiro atoms. The first-order valence-corrected chi connectivity index (χ1v) is 19.9. The first-order valence-electron chi connectivity index (χ1n) is 16.2. The molecule has 0 bridgehead atoms. The number of nitrogens with one attached hydrogen (secondary N) is 2. The van der Waals surface area contributed by atoms with Crippen LogP contribution in [0.3, 0.4) is 0 Å². The van der Waals surface area contributed by atoms with Gasteiger partial charge in [-0.25, -0.2) is 0 Å². The molecule has 0 aliphatic heterocycles. The van der Waals surface area contributed by atoms with Gasteiger partial charge < -0.3 is 31.1 Å². The number of carbonyl (C=O) groups excluding carboxylic acids is 2.